The van der Waals surface area contributed by atoms with E-state index in [0.29, 0.717) is 6.54 Å². The number of benzene rings is 2. The predicted molar refractivity (Wildman–Crippen MR) is 124 cm³/mol. The van der Waals surface area contributed by atoms with Crippen LogP contribution in [-0.4, -0.2) is 61.0 Å². The third-order valence-electron chi connectivity index (χ3n) is 4.97. The molecule has 1 N–H and O–H groups in total. The summed E-state index contributed by atoms with van der Waals surface area (Å²) in [6, 6.07) is 15.7. The normalized spacial score (nSPS) is 15.2. The first-order valence-electron chi connectivity index (χ1n) is 10.1. The summed E-state index contributed by atoms with van der Waals surface area (Å²) >= 11 is 1.32. The van der Waals surface area contributed by atoms with Crippen LogP contribution >= 0.6 is 11.8 Å². The maximum absolute atomic E-state index is 12.5. The lowest BCUT2D eigenvalue weighted by atomic mass is 10.2. The fraction of sp³-hybridized carbons (Fsp3) is 0.391. The van der Waals surface area contributed by atoms with Crippen molar-refractivity contribution in [1.29, 1.82) is 0 Å². The van der Waals surface area contributed by atoms with Crippen LogP contribution in [0.4, 0.5) is 11.4 Å². The van der Waals surface area contributed by atoms with Gasteiger partial charge in [0.15, 0.2) is 0 Å². The Bertz CT molecular complexity index is 890. The molecule has 0 bridgehead atoms. The zero-order valence-electron chi connectivity index (χ0n) is 17.8. The van der Waals surface area contributed by atoms with Crippen molar-refractivity contribution in [3.05, 3.63) is 54.1 Å². The molecule has 0 unspecified atom stereocenters. The average Bonchev–Trinajstić information content (AvgIpc) is 2.73. The molecular weight excluding hydrogens is 398 g/mol. The van der Waals surface area contributed by atoms with Crippen LogP contribution < -0.4 is 15.0 Å². The lowest BCUT2D eigenvalue weighted by molar-refractivity contribution is -0.128. The molecule has 30 heavy (non-hydrogen) atoms. The summed E-state index contributed by atoms with van der Waals surface area (Å²) < 4.78 is 6.10. The fourth-order valence-electron chi connectivity index (χ4n) is 3.44. The van der Waals surface area contributed by atoms with Crippen molar-refractivity contribution in [3.8, 4) is 5.75 Å². The number of carbonyl (C=O) groups excluding carboxylic acids is 2. The van der Waals surface area contributed by atoms with Crippen LogP contribution in [0, 0.1) is 6.92 Å². The lowest BCUT2D eigenvalue weighted by Gasteiger charge is -2.37. The molecule has 2 aromatic rings. The van der Waals surface area contributed by atoms with Crippen LogP contribution in [-0.2, 0) is 9.59 Å². The maximum Gasteiger partial charge on any atom is 0.234 e. The molecule has 3 rings (SSSR count). The Morgan fingerprint density at radius 2 is 2.00 bits per heavy atom. The zero-order chi connectivity index (χ0) is 21.5. The molecule has 1 aliphatic rings. The summed E-state index contributed by atoms with van der Waals surface area (Å²) in [7, 11) is 1.79. The SMILES string of the molecule is CCN1C[C@H](CN(C)C(=O)CSCC(=O)Nc2cccc(C)c2)Oc2ccccc21. The summed E-state index contributed by atoms with van der Waals surface area (Å²) in [5.74, 6) is 1.25. The number of para-hydroxylation sites is 2. The van der Waals surface area contributed by atoms with Gasteiger partial charge in [-0.05, 0) is 43.7 Å². The second-order valence-corrected chi connectivity index (χ2v) is 8.42. The molecule has 2 amide bonds. The highest BCUT2D eigenvalue weighted by Crippen LogP contribution is 2.32. The summed E-state index contributed by atoms with van der Waals surface area (Å²) in [5.41, 5.74) is 2.96. The fourth-order valence-corrected chi connectivity index (χ4v) is 4.20. The number of aryl methyl sites for hydroxylation is 1. The van der Waals surface area contributed by atoms with E-state index in [-0.39, 0.29) is 29.4 Å². The topological polar surface area (TPSA) is 61.9 Å². The summed E-state index contributed by atoms with van der Waals surface area (Å²) in [6.07, 6.45) is -0.0802. The molecule has 6 nitrogen and oxygen atoms in total. The van der Waals surface area contributed by atoms with E-state index >= 15 is 0 Å². The average molecular weight is 428 g/mol. The number of likely N-dealkylation sites (N-methyl/N-ethyl adjacent to an activating group) is 2. The van der Waals surface area contributed by atoms with Crippen LogP contribution in [0.5, 0.6) is 5.75 Å². The van der Waals surface area contributed by atoms with E-state index in [9.17, 15) is 9.59 Å². The highest BCUT2D eigenvalue weighted by atomic mass is 32.2. The van der Waals surface area contributed by atoms with E-state index in [1.165, 1.54) is 11.8 Å². The third-order valence-corrected chi connectivity index (χ3v) is 5.89. The van der Waals surface area contributed by atoms with Gasteiger partial charge in [-0.3, -0.25) is 9.59 Å². The Balaban J connectivity index is 1.43. The standard InChI is InChI=1S/C23H29N3O3S/c1-4-26-14-19(29-21-11-6-5-10-20(21)26)13-25(3)23(28)16-30-15-22(27)24-18-9-7-8-17(2)12-18/h5-12,19H,4,13-16H2,1-3H3,(H,24,27)/t19-/m0/s1. The minimum Gasteiger partial charge on any atom is -0.485 e. The Labute approximate surface area is 182 Å². The molecule has 0 saturated heterocycles. The second-order valence-electron chi connectivity index (χ2n) is 7.43. The quantitative estimate of drug-likeness (QED) is 0.700. The molecule has 0 spiro atoms. The molecule has 0 fully saturated rings. The van der Waals surface area contributed by atoms with Crippen LogP contribution in [0.15, 0.2) is 48.5 Å². The minimum atomic E-state index is -0.105. The number of thioether (sulfide) groups is 1. The largest absolute Gasteiger partial charge is 0.485 e. The van der Waals surface area contributed by atoms with Crippen LogP contribution in [0.1, 0.15) is 12.5 Å². The number of nitrogens with one attached hydrogen (secondary N) is 1. The molecule has 0 aromatic heterocycles. The highest BCUT2D eigenvalue weighted by Gasteiger charge is 2.26. The van der Waals surface area contributed by atoms with Crippen molar-refractivity contribution in [2.24, 2.45) is 0 Å². The molecule has 1 aliphatic heterocycles. The minimum absolute atomic E-state index is 0.00568. The first-order valence-corrected chi connectivity index (χ1v) is 11.3. The van der Waals surface area contributed by atoms with Gasteiger partial charge >= 0.3 is 0 Å². The molecule has 7 heteroatoms. The van der Waals surface area contributed by atoms with E-state index in [1.807, 2.05) is 49.4 Å². The van der Waals surface area contributed by atoms with Crippen molar-refractivity contribution < 1.29 is 14.3 Å². The summed E-state index contributed by atoms with van der Waals surface area (Å²) in [6.45, 7) is 6.25. The summed E-state index contributed by atoms with van der Waals surface area (Å²) in [5, 5.41) is 2.86. The molecule has 0 radical (unpaired) electrons. The van der Waals surface area contributed by atoms with Crippen molar-refractivity contribution in [2.45, 2.75) is 20.0 Å². The Morgan fingerprint density at radius 1 is 1.20 bits per heavy atom. The van der Waals surface area contributed by atoms with Crippen molar-refractivity contribution in [3.63, 3.8) is 0 Å². The van der Waals surface area contributed by atoms with Gasteiger partial charge in [-0.1, -0.05) is 24.3 Å². The molecule has 160 valence electrons. The van der Waals surface area contributed by atoms with Crippen molar-refractivity contribution in [1.82, 2.24) is 4.90 Å². The van der Waals surface area contributed by atoms with Gasteiger partial charge in [-0.25, -0.2) is 0 Å². The number of fused-ring (bicyclic) bond motifs is 1. The van der Waals surface area contributed by atoms with Gasteiger partial charge < -0.3 is 19.9 Å². The highest BCUT2D eigenvalue weighted by molar-refractivity contribution is 8.00. The number of amides is 2. The predicted octanol–water partition coefficient (Wildman–Crippen LogP) is 3.41. The third kappa shape index (κ3) is 5.92. The van der Waals surface area contributed by atoms with E-state index in [0.717, 1.165) is 35.8 Å². The number of ether oxygens (including phenoxy) is 1. The molecular formula is C23H29N3O3S. The maximum atomic E-state index is 12.5. The summed E-state index contributed by atoms with van der Waals surface area (Å²) in [4.78, 5) is 28.6. The number of nitrogens with zero attached hydrogens (tertiary/aromatic N) is 2. The van der Waals surface area contributed by atoms with Gasteiger partial charge in [0.25, 0.3) is 0 Å². The molecule has 0 aliphatic carbocycles. The van der Waals surface area contributed by atoms with E-state index in [2.05, 4.69) is 23.2 Å². The number of rotatable bonds is 8. The molecule has 0 saturated carbocycles. The van der Waals surface area contributed by atoms with Gasteiger partial charge in [-0.2, -0.15) is 0 Å². The van der Waals surface area contributed by atoms with E-state index in [4.69, 9.17) is 4.74 Å². The van der Waals surface area contributed by atoms with E-state index in [1.54, 1.807) is 11.9 Å². The van der Waals surface area contributed by atoms with Gasteiger partial charge in [0, 0.05) is 19.3 Å². The van der Waals surface area contributed by atoms with E-state index < -0.39 is 0 Å². The van der Waals surface area contributed by atoms with Crippen molar-refractivity contribution >= 4 is 35.0 Å². The Hall–Kier alpha value is -2.67. The monoisotopic (exact) mass is 427 g/mol. The molecule has 1 heterocycles. The lowest BCUT2D eigenvalue weighted by Crippen LogP contribution is -2.47. The van der Waals surface area contributed by atoms with Gasteiger partial charge in [0.05, 0.1) is 30.3 Å². The number of hydrogen-bond acceptors (Lipinski definition) is 5. The molecule has 2 aromatic carbocycles. The van der Waals surface area contributed by atoms with Gasteiger partial charge in [-0.15, -0.1) is 11.8 Å². The first-order chi connectivity index (χ1) is 14.5. The second kappa shape index (κ2) is 10.4. The van der Waals surface area contributed by atoms with Gasteiger partial charge in [0.2, 0.25) is 11.8 Å². The van der Waals surface area contributed by atoms with Crippen LogP contribution in [0.3, 0.4) is 0 Å². The van der Waals surface area contributed by atoms with Gasteiger partial charge in [0.1, 0.15) is 11.9 Å². The molecule has 1 atom stereocenters. The number of hydrogen-bond donors (Lipinski definition) is 1. The Kier molecular flexibility index (Phi) is 7.63. The number of carbonyl (C=O) groups is 2. The van der Waals surface area contributed by atoms with Crippen molar-refractivity contribution in [2.75, 3.05) is 48.4 Å². The zero-order valence-corrected chi connectivity index (χ0v) is 18.6. The Morgan fingerprint density at radius 3 is 2.77 bits per heavy atom. The smallest absolute Gasteiger partial charge is 0.234 e. The van der Waals surface area contributed by atoms with Crippen LogP contribution in [0.2, 0.25) is 0 Å². The first kappa shape index (κ1) is 22.0. The van der Waals surface area contributed by atoms with Crippen LogP contribution in [0.25, 0.3) is 0 Å². The number of anilines is 2.